The van der Waals surface area contributed by atoms with Gasteiger partial charge in [0, 0.05) is 0 Å². The minimum Gasteiger partial charge on any atom is -0.386 e. The topological polar surface area (TPSA) is 20.2 Å². The monoisotopic (exact) mass is 288 g/mol. The van der Waals surface area contributed by atoms with Gasteiger partial charge in [-0.1, -0.05) is 57.6 Å². The molecular formula is C20H32O. The van der Waals surface area contributed by atoms with E-state index in [4.69, 9.17) is 0 Å². The molecule has 2 rings (SSSR count). The van der Waals surface area contributed by atoms with Crippen molar-refractivity contribution >= 4 is 0 Å². The maximum Gasteiger partial charge on any atom is 0.0797 e. The van der Waals surface area contributed by atoms with Gasteiger partial charge in [-0.25, -0.2) is 0 Å². The quantitative estimate of drug-likeness (QED) is 0.698. The molecule has 1 nitrogen and oxygen atoms in total. The molecule has 0 amide bonds. The van der Waals surface area contributed by atoms with Crippen LogP contribution in [-0.4, -0.2) is 10.7 Å². The van der Waals surface area contributed by atoms with Crippen molar-refractivity contribution in [1.29, 1.82) is 0 Å². The summed E-state index contributed by atoms with van der Waals surface area (Å²) in [6.45, 7) is 17.2. The highest BCUT2D eigenvalue weighted by molar-refractivity contribution is 5.29. The Kier molecular flexibility index (Phi) is 4.28. The van der Waals surface area contributed by atoms with E-state index in [9.17, 15) is 5.11 Å². The maximum absolute atomic E-state index is 10.3. The molecule has 4 atom stereocenters. The molecule has 2 aliphatic rings. The third-order valence-corrected chi connectivity index (χ3v) is 6.21. The first kappa shape index (κ1) is 16.5. The molecule has 1 N–H and O–H groups in total. The highest BCUT2D eigenvalue weighted by Gasteiger charge is 2.51. The van der Waals surface area contributed by atoms with Gasteiger partial charge in [-0.15, -0.1) is 6.58 Å². The zero-order chi connectivity index (χ0) is 15.9. The fourth-order valence-electron chi connectivity index (χ4n) is 4.81. The van der Waals surface area contributed by atoms with E-state index in [-0.39, 0.29) is 5.41 Å². The number of fused-ring (bicyclic) bond motifs is 1. The van der Waals surface area contributed by atoms with Crippen LogP contribution in [0.1, 0.15) is 59.8 Å². The highest BCUT2D eigenvalue weighted by atomic mass is 16.3. The van der Waals surface area contributed by atoms with E-state index >= 15 is 0 Å². The average Bonchev–Trinajstić information content (AvgIpc) is 2.36. The summed E-state index contributed by atoms with van der Waals surface area (Å²) >= 11 is 0. The van der Waals surface area contributed by atoms with Crippen molar-refractivity contribution in [2.45, 2.75) is 65.4 Å². The van der Waals surface area contributed by atoms with E-state index in [0.29, 0.717) is 17.3 Å². The molecule has 0 aromatic heterocycles. The van der Waals surface area contributed by atoms with Crippen LogP contribution < -0.4 is 0 Å². The average molecular weight is 288 g/mol. The molecular weight excluding hydrogens is 256 g/mol. The van der Waals surface area contributed by atoms with Gasteiger partial charge in [-0.3, -0.25) is 0 Å². The summed E-state index contributed by atoms with van der Waals surface area (Å²) in [7, 11) is 0. The zero-order valence-electron chi connectivity index (χ0n) is 14.3. The molecule has 0 heterocycles. The van der Waals surface area contributed by atoms with E-state index in [1.54, 1.807) is 6.08 Å². The van der Waals surface area contributed by atoms with Crippen molar-refractivity contribution in [3.05, 3.63) is 37.0 Å². The number of allylic oxidation sites excluding steroid dienone is 3. The Morgan fingerprint density at radius 1 is 1.38 bits per heavy atom. The Hall–Kier alpha value is -0.820. The van der Waals surface area contributed by atoms with Crippen molar-refractivity contribution in [2.24, 2.45) is 22.7 Å². The molecule has 0 aliphatic heterocycles. The molecule has 0 aromatic carbocycles. The van der Waals surface area contributed by atoms with Gasteiger partial charge in [-0.05, 0) is 55.3 Å². The van der Waals surface area contributed by atoms with Crippen LogP contribution in [0.4, 0.5) is 0 Å². The lowest BCUT2D eigenvalue weighted by Gasteiger charge is -2.56. The second-order valence-corrected chi connectivity index (χ2v) is 8.41. The van der Waals surface area contributed by atoms with Crippen LogP contribution in [-0.2, 0) is 0 Å². The molecule has 0 aromatic rings. The van der Waals surface area contributed by atoms with Gasteiger partial charge in [0.2, 0.25) is 0 Å². The van der Waals surface area contributed by atoms with Gasteiger partial charge in [0.1, 0.15) is 0 Å². The smallest absolute Gasteiger partial charge is 0.0797 e. The molecule has 21 heavy (non-hydrogen) atoms. The Morgan fingerprint density at radius 3 is 2.67 bits per heavy atom. The Labute approximate surface area is 130 Å². The number of aliphatic hydroxyl groups is 1. The third-order valence-electron chi connectivity index (χ3n) is 6.21. The molecule has 4 unspecified atom stereocenters. The summed E-state index contributed by atoms with van der Waals surface area (Å²) in [4.78, 5) is 0. The minimum atomic E-state index is -0.766. The summed E-state index contributed by atoms with van der Waals surface area (Å²) in [5.74, 6) is 1.08. The third kappa shape index (κ3) is 3.04. The van der Waals surface area contributed by atoms with Crippen molar-refractivity contribution < 1.29 is 5.11 Å². The summed E-state index contributed by atoms with van der Waals surface area (Å²) in [6.07, 6.45) is 11.9. The van der Waals surface area contributed by atoms with E-state index in [1.165, 1.54) is 24.8 Å². The molecule has 0 spiro atoms. The molecule has 118 valence electrons. The first-order valence-corrected chi connectivity index (χ1v) is 8.35. The van der Waals surface area contributed by atoms with Crippen molar-refractivity contribution in [3.63, 3.8) is 0 Å². The van der Waals surface area contributed by atoms with E-state index in [1.807, 2.05) is 6.92 Å². The summed E-state index contributed by atoms with van der Waals surface area (Å²) < 4.78 is 0. The molecule has 1 saturated carbocycles. The lowest BCUT2D eigenvalue weighted by atomic mass is 9.49. The second-order valence-electron chi connectivity index (χ2n) is 8.41. The summed E-state index contributed by atoms with van der Waals surface area (Å²) in [5, 5.41) is 10.3. The van der Waals surface area contributed by atoms with Gasteiger partial charge in [0.25, 0.3) is 0 Å². The molecule has 0 radical (unpaired) electrons. The van der Waals surface area contributed by atoms with Crippen LogP contribution in [0, 0.1) is 22.7 Å². The van der Waals surface area contributed by atoms with Gasteiger partial charge in [-0.2, -0.15) is 0 Å². The first-order chi connectivity index (χ1) is 9.62. The normalized spacial score (nSPS) is 37.7. The summed E-state index contributed by atoms with van der Waals surface area (Å²) in [5.41, 5.74) is 1.12. The van der Waals surface area contributed by atoms with E-state index in [2.05, 4.69) is 46.1 Å². The SMILES string of the molecule is C=CC(C)(O)CCC1C(=C)C=CC2C(C)(C)CCCC12C. The van der Waals surface area contributed by atoms with Crippen molar-refractivity contribution in [3.8, 4) is 0 Å². The van der Waals surface area contributed by atoms with Gasteiger partial charge >= 0.3 is 0 Å². The van der Waals surface area contributed by atoms with Gasteiger partial charge in [0.05, 0.1) is 5.60 Å². The van der Waals surface area contributed by atoms with E-state index in [0.717, 1.165) is 12.8 Å². The Balaban J connectivity index is 2.26. The van der Waals surface area contributed by atoms with Crippen molar-refractivity contribution in [1.82, 2.24) is 0 Å². The summed E-state index contributed by atoms with van der Waals surface area (Å²) in [6, 6.07) is 0. The predicted octanol–water partition coefficient (Wildman–Crippen LogP) is 5.28. The largest absolute Gasteiger partial charge is 0.386 e. The van der Waals surface area contributed by atoms with Crippen LogP contribution in [0.3, 0.4) is 0 Å². The fourth-order valence-corrected chi connectivity index (χ4v) is 4.81. The van der Waals surface area contributed by atoms with Crippen LogP contribution in [0.25, 0.3) is 0 Å². The van der Waals surface area contributed by atoms with Crippen molar-refractivity contribution in [2.75, 3.05) is 0 Å². The van der Waals surface area contributed by atoms with Gasteiger partial charge in [0.15, 0.2) is 0 Å². The molecule has 2 aliphatic carbocycles. The van der Waals surface area contributed by atoms with Crippen LogP contribution in [0.15, 0.2) is 37.0 Å². The number of rotatable bonds is 4. The zero-order valence-corrected chi connectivity index (χ0v) is 14.3. The Morgan fingerprint density at radius 2 is 2.05 bits per heavy atom. The maximum atomic E-state index is 10.3. The highest BCUT2D eigenvalue weighted by Crippen LogP contribution is 2.59. The lowest BCUT2D eigenvalue weighted by molar-refractivity contribution is -0.0143. The minimum absolute atomic E-state index is 0.283. The number of hydrogen-bond donors (Lipinski definition) is 1. The standard InChI is InChI=1S/C20H32O/c1-7-19(5,21)14-11-16-15(2)9-10-17-18(3,4)12-8-13-20(16,17)6/h7,9-10,16-17,21H,1-2,8,11-14H2,3-6H3. The van der Waals surface area contributed by atoms with Gasteiger partial charge < -0.3 is 5.11 Å². The molecule has 1 heteroatoms. The van der Waals surface area contributed by atoms with Crippen LogP contribution in [0.2, 0.25) is 0 Å². The van der Waals surface area contributed by atoms with Crippen LogP contribution >= 0.6 is 0 Å². The lowest BCUT2D eigenvalue weighted by Crippen LogP contribution is -2.47. The first-order valence-electron chi connectivity index (χ1n) is 8.35. The van der Waals surface area contributed by atoms with Crippen LogP contribution in [0.5, 0.6) is 0 Å². The fraction of sp³-hybridized carbons (Fsp3) is 0.700. The molecule has 0 saturated heterocycles. The second kappa shape index (κ2) is 5.43. The molecule has 1 fully saturated rings. The Bertz CT molecular complexity index is 454. The predicted molar refractivity (Wildman–Crippen MR) is 91.1 cm³/mol. The number of hydrogen-bond acceptors (Lipinski definition) is 1. The van der Waals surface area contributed by atoms with E-state index < -0.39 is 5.60 Å². The molecule has 0 bridgehead atoms.